The molecule has 0 aliphatic carbocycles. The van der Waals surface area contributed by atoms with Gasteiger partial charge in [0.25, 0.3) is 0 Å². The lowest BCUT2D eigenvalue weighted by atomic mass is 9.93. The van der Waals surface area contributed by atoms with Gasteiger partial charge in [-0.05, 0) is 35.8 Å². The van der Waals surface area contributed by atoms with E-state index in [1.165, 1.54) is 0 Å². The Morgan fingerprint density at radius 3 is 1.36 bits per heavy atom. The number of rotatable bonds is 5. The van der Waals surface area contributed by atoms with Gasteiger partial charge < -0.3 is 10.2 Å². The van der Waals surface area contributed by atoms with Gasteiger partial charge in [0.2, 0.25) is 0 Å². The molecule has 2 aromatic rings. The molecule has 0 heterocycles. The molecule has 2 aromatic carbocycles. The number of phenolic OH excluding ortho intramolecular Hbond substituents is 2. The zero-order valence-electron chi connectivity index (χ0n) is 13.9. The fourth-order valence-corrected chi connectivity index (χ4v) is 2.83. The summed E-state index contributed by atoms with van der Waals surface area (Å²) in [6.45, 7) is 8.53. The lowest BCUT2D eigenvalue weighted by Gasteiger charge is -2.15. The Hall–Kier alpha value is -1.96. The van der Waals surface area contributed by atoms with E-state index in [4.69, 9.17) is 0 Å². The molecule has 0 saturated carbocycles. The molecule has 0 aliphatic rings. The van der Waals surface area contributed by atoms with E-state index < -0.39 is 0 Å². The standard InChI is InChI=1S/C20H26O2/c1-13(2)11-15-7-5-9-17(19(15)21)18-10-6-8-16(20(18)22)12-14(3)4/h5-10,13-14,21-22H,11-12H2,1-4H3. The van der Waals surface area contributed by atoms with Crippen LogP contribution in [0, 0.1) is 11.8 Å². The van der Waals surface area contributed by atoms with Crippen molar-refractivity contribution in [3.8, 4) is 22.6 Å². The molecule has 118 valence electrons. The zero-order valence-corrected chi connectivity index (χ0v) is 13.9. The minimum Gasteiger partial charge on any atom is -0.507 e. The van der Waals surface area contributed by atoms with Crippen LogP contribution in [0.3, 0.4) is 0 Å². The number of aromatic hydroxyl groups is 2. The first-order valence-corrected chi connectivity index (χ1v) is 8.02. The predicted molar refractivity (Wildman–Crippen MR) is 92.3 cm³/mol. The van der Waals surface area contributed by atoms with Crippen molar-refractivity contribution < 1.29 is 10.2 Å². The van der Waals surface area contributed by atoms with Crippen LogP contribution >= 0.6 is 0 Å². The van der Waals surface area contributed by atoms with E-state index in [0.717, 1.165) is 24.0 Å². The number of benzene rings is 2. The third-order valence-corrected chi connectivity index (χ3v) is 3.79. The van der Waals surface area contributed by atoms with Crippen molar-refractivity contribution in [2.75, 3.05) is 0 Å². The second kappa shape index (κ2) is 6.87. The van der Waals surface area contributed by atoms with Gasteiger partial charge in [-0.15, -0.1) is 0 Å². The van der Waals surface area contributed by atoms with E-state index in [2.05, 4.69) is 27.7 Å². The molecule has 0 fully saturated rings. The van der Waals surface area contributed by atoms with Gasteiger partial charge in [0, 0.05) is 11.1 Å². The molecular weight excluding hydrogens is 272 g/mol. The van der Waals surface area contributed by atoms with Crippen molar-refractivity contribution in [1.29, 1.82) is 0 Å². The first kappa shape index (κ1) is 16.4. The topological polar surface area (TPSA) is 40.5 Å². The van der Waals surface area contributed by atoms with E-state index in [-0.39, 0.29) is 11.5 Å². The third kappa shape index (κ3) is 3.62. The lowest BCUT2D eigenvalue weighted by Crippen LogP contribution is -1.97. The average molecular weight is 298 g/mol. The van der Waals surface area contributed by atoms with Crippen LogP contribution in [-0.2, 0) is 12.8 Å². The molecule has 0 atom stereocenters. The Kier molecular flexibility index (Phi) is 5.12. The molecule has 0 amide bonds. The minimum atomic E-state index is 0.285. The van der Waals surface area contributed by atoms with Gasteiger partial charge in [0.15, 0.2) is 0 Å². The number of para-hydroxylation sites is 2. The molecule has 0 unspecified atom stereocenters. The summed E-state index contributed by atoms with van der Waals surface area (Å²) < 4.78 is 0. The molecule has 22 heavy (non-hydrogen) atoms. The molecule has 2 N–H and O–H groups in total. The van der Waals surface area contributed by atoms with Crippen molar-refractivity contribution in [3.05, 3.63) is 47.5 Å². The van der Waals surface area contributed by atoms with Crippen molar-refractivity contribution in [2.45, 2.75) is 40.5 Å². The van der Waals surface area contributed by atoms with E-state index in [1.807, 2.05) is 36.4 Å². The molecule has 0 saturated heterocycles. The maximum atomic E-state index is 10.6. The van der Waals surface area contributed by atoms with E-state index >= 15 is 0 Å². The molecule has 0 bridgehead atoms. The highest BCUT2D eigenvalue weighted by atomic mass is 16.3. The van der Waals surface area contributed by atoms with Crippen LogP contribution in [0.15, 0.2) is 36.4 Å². The number of hydrogen-bond acceptors (Lipinski definition) is 2. The van der Waals surface area contributed by atoms with Crippen LogP contribution in [0.1, 0.15) is 38.8 Å². The Bertz CT molecular complexity index is 585. The Balaban J connectivity index is 2.48. The Morgan fingerprint density at radius 1 is 0.682 bits per heavy atom. The molecule has 0 radical (unpaired) electrons. The average Bonchev–Trinajstić information content (AvgIpc) is 2.43. The maximum absolute atomic E-state index is 10.6. The summed E-state index contributed by atoms with van der Waals surface area (Å²) in [5, 5.41) is 21.2. The fraction of sp³-hybridized carbons (Fsp3) is 0.400. The van der Waals surface area contributed by atoms with Crippen molar-refractivity contribution >= 4 is 0 Å². The number of hydrogen-bond donors (Lipinski definition) is 2. The summed E-state index contributed by atoms with van der Waals surface area (Å²) in [7, 11) is 0. The van der Waals surface area contributed by atoms with Crippen LogP contribution in [0.5, 0.6) is 11.5 Å². The van der Waals surface area contributed by atoms with Crippen LogP contribution < -0.4 is 0 Å². The van der Waals surface area contributed by atoms with E-state index in [9.17, 15) is 10.2 Å². The normalized spacial score (nSPS) is 11.4. The summed E-state index contributed by atoms with van der Waals surface area (Å²) in [6.07, 6.45) is 1.65. The fourth-order valence-electron chi connectivity index (χ4n) is 2.83. The summed E-state index contributed by atoms with van der Waals surface area (Å²) >= 11 is 0. The van der Waals surface area contributed by atoms with Crippen molar-refractivity contribution in [1.82, 2.24) is 0 Å². The summed E-state index contributed by atoms with van der Waals surface area (Å²) in [5.74, 6) is 1.52. The molecule has 0 aromatic heterocycles. The van der Waals surface area contributed by atoms with Gasteiger partial charge >= 0.3 is 0 Å². The van der Waals surface area contributed by atoms with Crippen LogP contribution in [0.25, 0.3) is 11.1 Å². The molecule has 2 nitrogen and oxygen atoms in total. The first-order chi connectivity index (χ1) is 10.4. The first-order valence-electron chi connectivity index (χ1n) is 8.02. The van der Waals surface area contributed by atoms with Crippen LogP contribution in [-0.4, -0.2) is 10.2 Å². The third-order valence-electron chi connectivity index (χ3n) is 3.79. The lowest BCUT2D eigenvalue weighted by molar-refractivity contribution is 0.456. The quantitative estimate of drug-likeness (QED) is 0.800. The second-order valence-electron chi connectivity index (χ2n) is 6.82. The van der Waals surface area contributed by atoms with Gasteiger partial charge in [-0.2, -0.15) is 0 Å². The molecule has 0 spiro atoms. The molecule has 0 aliphatic heterocycles. The largest absolute Gasteiger partial charge is 0.507 e. The summed E-state index contributed by atoms with van der Waals surface area (Å²) in [4.78, 5) is 0. The van der Waals surface area contributed by atoms with Crippen LogP contribution in [0.4, 0.5) is 0 Å². The highest BCUT2D eigenvalue weighted by Crippen LogP contribution is 2.39. The second-order valence-corrected chi connectivity index (χ2v) is 6.82. The summed E-state index contributed by atoms with van der Waals surface area (Å²) in [6, 6.07) is 11.5. The number of phenols is 2. The SMILES string of the molecule is CC(C)Cc1cccc(-c2cccc(CC(C)C)c2O)c1O. The van der Waals surface area contributed by atoms with Crippen molar-refractivity contribution in [3.63, 3.8) is 0 Å². The molecule has 2 rings (SSSR count). The van der Waals surface area contributed by atoms with Gasteiger partial charge in [-0.1, -0.05) is 64.1 Å². The summed E-state index contributed by atoms with van der Waals surface area (Å²) in [5.41, 5.74) is 3.28. The van der Waals surface area contributed by atoms with Gasteiger partial charge in [-0.25, -0.2) is 0 Å². The Morgan fingerprint density at radius 2 is 1.05 bits per heavy atom. The van der Waals surface area contributed by atoms with Gasteiger partial charge in [0.1, 0.15) is 11.5 Å². The highest BCUT2D eigenvalue weighted by Gasteiger charge is 2.15. The zero-order chi connectivity index (χ0) is 16.3. The van der Waals surface area contributed by atoms with E-state index in [1.54, 1.807) is 0 Å². The molecular formula is C20H26O2. The van der Waals surface area contributed by atoms with Crippen LogP contribution in [0.2, 0.25) is 0 Å². The van der Waals surface area contributed by atoms with E-state index in [0.29, 0.717) is 23.0 Å². The highest BCUT2D eigenvalue weighted by molar-refractivity contribution is 5.77. The predicted octanol–water partition coefficient (Wildman–Crippen LogP) is 5.16. The van der Waals surface area contributed by atoms with Gasteiger partial charge in [0.05, 0.1) is 0 Å². The Labute approximate surface area is 133 Å². The smallest absolute Gasteiger partial charge is 0.126 e. The van der Waals surface area contributed by atoms with Crippen molar-refractivity contribution in [2.24, 2.45) is 11.8 Å². The van der Waals surface area contributed by atoms with Gasteiger partial charge in [-0.3, -0.25) is 0 Å². The maximum Gasteiger partial charge on any atom is 0.126 e. The minimum absolute atomic E-state index is 0.285. The monoisotopic (exact) mass is 298 g/mol. The molecule has 2 heteroatoms.